The highest BCUT2D eigenvalue weighted by Crippen LogP contribution is 2.46. The van der Waals surface area contributed by atoms with Crippen LogP contribution in [0.4, 0.5) is 0 Å². The molecule has 2 aliphatic heterocycles. The minimum absolute atomic E-state index is 0.0195. The first-order chi connectivity index (χ1) is 25.4. The van der Waals surface area contributed by atoms with Crippen LogP contribution in [0.25, 0.3) is 0 Å². The Morgan fingerprint density at radius 2 is 1.24 bits per heavy atom. The molecule has 3 rings (SSSR count). The van der Waals surface area contributed by atoms with E-state index in [9.17, 15) is 74.5 Å². The van der Waals surface area contributed by atoms with Gasteiger partial charge in [-0.25, -0.2) is 0 Å². The highest BCUT2D eigenvalue weighted by atomic mass is 31.2. The van der Waals surface area contributed by atoms with E-state index in [1.807, 2.05) is 0 Å². The quantitative estimate of drug-likeness (QED) is 0.0378. The van der Waals surface area contributed by atoms with Gasteiger partial charge in [-0.2, -0.15) is 0 Å². The minimum Gasteiger partial charge on any atom is -0.756 e. The van der Waals surface area contributed by atoms with Gasteiger partial charge in [0.1, 0.15) is 86.0 Å². The number of phosphoric acid groups is 2. The van der Waals surface area contributed by atoms with E-state index >= 15 is 0 Å². The third-order valence-electron chi connectivity index (χ3n) is 8.39. The highest BCUT2D eigenvalue weighted by molar-refractivity contribution is 7.46. The van der Waals surface area contributed by atoms with Crippen LogP contribution < -0.4 is 21.3 Å². The molecule has 54 heavy (non-hydrogen) atoms. The second-order valence-electron chi connectivity index (χ2n) is 12.0. The number of hydrogen-bond donors (Lipinski definition) is 11. The molecule has 2 saturated heterocycles. The van der Waals surface area contributed by atoms with Gasteiger partial charge >= 0.3 is 0 Å². The molecule has 0 bridgehead atoms. The molecule has 0 aromatic heterocycles. The van der Waals surface area contributed by atoms with E-state index in [2.05, 4.69) is 25.3 Å². The van der Waals surface area contributed by atoms with Crippen LogP contribution in [-0.2, 0) is 65.2 Å². The normalized spacial score (nSPS) is 41.6. The molecule has 0 aromatic rings. The average molecular weight is 837 g/mol. The zero-order valence-electron chi connectivity index (χ0n) is 28.1. The molecule has 0 aromatic carbocycles. The van der Waals surface area contributed by atoms with Crippen molar-refractivity contribution in [3.05, 3.63) is 0 Å². The lowest BCUT2D eigenvalue weighted by molar-refractivity contribution is -0.510. The molecule has 1 saturated carbocycles. The Kier molecular flexibility index (Phi) is 18.1. The minimum atomic E-state index is -5.64. The predicted octanol–water partition coefficient (Wildman–Crippen LogP) is -11.0. The van der Waals surface area contributed by atoms with Gasteiger partial charge in [0.2, 0.25) is 6.29 Å². The molecule has 27 nitrogen and oxygen atoms in total. The summed E-state index contributed by atoms with van der Waals surface area (Å²) in [6.07, 6.45) is -31.9. The average Bonchev–Trinajstić information content (AvgIpc) is 3.13. The molecular weight excluding hydrogens is 790 g/mol. The molecule has 0 radical (unpaired) electrons. The predicted molar refractivity (Wildman–Crippen MR) is 158 cm³/mol. The number of carbonyl (C=O) groups is 2. The molecule has 15 N–H and O–H groups in total. The van der Waals surface area contributed by atoms with Crippen LogP contribution in [0.3, 0.4) is 0 Å². The third kappa shape index (κ3) is 11.6. The second-order valence-corrected chi connectivity index (χ2v) is 14.7. The van der Waals surface area contributed by atoms with Gasteiger partial charge in [-0.1, -0.05) is 0 Å². The van der Waals surface area contributed by atoms with Crippen LogP contribution in [0.1, 0.15) is 0 Å². The topological polar surface area (TPSA) is 444 Å². The molecule has 3 aliphatic rings. The summed E-state index contributed by atoms with van der Waals surface area (Å²) in [6.45, 7) is -4.71. The molecular formula is C25H46N2O25P2. The van der Waals surface area contributed by atoms with Crippen molar-refractivity contribution in [3.8, 4) is 0 Å². The first-order valence-electron chi connectivity index (χ1n) is 16.0. The van der Waals surface area contributed by atoms with Gasteiger partial charge in [-0.05, 0) is 0 Å². The van der Waals surface area contributed by atoms with Crippen LogP contribution in [-0.4, -0.2) is 203 Å². The fraction of sp³-hybridized carbons (Fsp3) is 0.920. The second kappa shape index (κ2) is 20.8. The highest BCUT2D eigenvalue weighted by Gasteiger charge is 2.58. The number of hydrogen-bond acceptors (Lipinski definition) is 25. The van der Waals surface area contributed by atoms with Gasteiger partial charge in [0.25, 0.3) is 28.6 Å². The van der Waals surface area contributed by atoms with Gasteiger partial charge in [0.05, 0.1) is 33.0 Å². The summed E-state index contributed by atoms with van der Waals surface area (Å²) in [5.74, 6) is 0. The van der Waals surface area contributed by atoms with Gasteiger partial charge in [-0.3, -0.25) is 18.7 Å². The lowest BCUT2D eigenvalue weighted by Crippen LogP contribution is -2.79. The maximum Gasteiger partial charge on any atom is 0.293 e. The summed E-state index contributed by atoms with van der Waals surface area (Å²) in [5.41, 5.74) is 7.09. The molecule has 1 aliphatic carbocycles. The summed E-state index contributed by atoms with van der Waals surface area (Å²) in [5, 5.41) is 93.3. The number of aliphatic hydroxyl groups is 9. The van der Waals surface area contributed by atoms with E-state index in [-0.39, 0.29) is 19.5 Å². The lowest BCUT2D eigenvalue weighted by atomic mass is 9.84. The Hall–Kier alpha value is -1.44. The largest absolute Gasteiger partial charge is 0.756 e. The van der Waals surface area contributed by atoms with Crippen LogP contribution in [0.15, 0.2) is 0 Å². The molecule has 0 amide bonds. The summed E-state index contributed by atoms with van der Waals surface area (Å²) in [4.78, 5) is 47.1. The summed E-state index contributed by atoms with van der Waals surface area (Å²) in [6, 6.07) is -1.60. The molecule has 0 spiro atoms. The molecule has 2 unspecified atom stereocenters. The number of phosphoric ester groups is 2. The third-order valence-corrected chi connectivity index (χ3v) is 10.4. The SMILES string of the molecule is [NH3+]CCOP(=O)([O-])O[C@@H]1[C@@H](O[C@H]2[C@H](O)[C@@H]([NH3+])[C@@H](O[C@@H]3[C@@H](O)[C@H](O)[C@@H](O)[C@@H](OC=O)[C@H]3OP(=O)([O-])OC[C@@H](CO)OC=O)O[C@@H]2CO)O[C@H](CO)[C@@H](O)[C@@H]1O. The van der Waals surface area contributed by atoms with Crippen molar-refractivity contribution >= 4 is 28.6 Å². The van der Waals surface area contributed by atoms with Gasteiger partial charge in [0.15, 0.2) is 18.4 Å². The van der Waals surface area contributed by atoms with Crippen molar-refractivity contribution in [2.45, 2.75) is 104 Å². The zero-order valence-corrected chi connectivity index (χ0v) is 29.9. The Morgan fingerprint density at radius 1 is 0.685 bits per heavy atom. The fourth-order valence-electron chi connectivity index (χ4n) is 5.60. The Morgan fingerprint density at radius 3 is 1.81 bits per heavy atom. The fourth-order valence-corrected chi connectivity index (χ4v) is 7.48. The molecule has 19 atom stereocenters. The molecule has 3 fully saturated rings. The van der Waals surface area contributed by atoms with E-state index in [4.69, 9.17) is 32.7 Å². The van der Waals surface area contributed by atoms with Crippen molar-refractivity contribution in [2.75, 3.05) is 39.6 Å². The molecule has 316 valence electrons. The Balaban J connectivity index is 1.89. The number of rotatable bonds is 21. The van der Waals surface area contributed by atoms with Crippen LogP contribution >= 0.6 is 15.6 Å². The summed E-state index contributed by atoms with van der Waals surface area (Å²) < 4.78 is 75.9. The molecule has 2 heterocycles. The smallest absolute Gasteiger partial charge is 0.293 e. The van der Waals surface area contributed by atoms with E-state index in [0.717, 1.165) is 0 Å². The summed E-state index contributed by atoms with van der Waals surface area (Å²) in [7, 11) is -10.9. The summed E-state index contributed by atoms with van der Waals surface area (Å²) >= 11 is 0. The van der Waals surface area contributed by atoms with Crippen molar-refractivity contribution in [1.82, 2.24) is 0 Å². The van der Waals surface area contributed by atoms with E-state index in [1.54, 1.807) is 0 Å². The van der Waals surface area contributed by atoms with Crippen LogP contribution in [0.2, 0.25) is 0 Å². The van der Waals surface area contributed by atoms with Crippen molar-refractivity contribution in [3.63, 3.8) is 0 Å². The number of aliphatic hydroxyl groups excluding tert-OH is 9. The van der Waals surface area contributed by atoms with Crippen molar-refractivity contribution < 1.29 is 132 Å². The van der Waals surface area contributed by atoms with Crippen LogP contribution in [0.5, 0.6) is 0 Å². The molecule has 29 heteroatoms. The first-order valence-corrected chi connectivity index (χ1v) is 18.9. The number of quaternary nitrogens is 2. The van der Waals surface area contributed by atoms with E-state index < -0.39 is 153 Å². The van der Waals surface area contributed by atoms with Crippen LogP contribution in [0, 0.1) is 0 Å². The Labute approximate surface area is 304 Å². The maximum absolute atomic E-state index is 12.8. The van der Waals surface area contributed by atoms with Gasteiger partial charge < -0.3 is 114 Å². The van der Waals surface area contributed by atoms with Crippen molar-refractivity contribution in [2.24, 2.45) is 0 Å². The Bertz CT molecular complexity index is 1270. The van der Waals surface area contributed by atoms with Gasteiger partial charge in [-0.15, -0.1) is 0 Å². The van der Waals surface area contributed by atoms with Crippen molar-refractivity contribution in [1.29, 1.82) is 0 Å². The number of ether oxygens (including phenoxy) is 6. The van der Waals surface area contributed by atoms with Gasteiger partial charge in [0, 0.05) is 0 Å². The number of carbonyl (C=O) groups excluding carboxylic acids is 2. The van der Waals surface area contributed by atoms with E-state index in [1.165, 1.54) is 0 Å². The zero-order chi connectivity index (χ0) is 40.5. The van der Waals surface area contributed by atoms with E-state index in [0.29, 0.717) is 0 Å². The first kappa shape index (κ1) is 46.9. The standard InChI is InChI=1S/C25H46N2O25P2/c26-1-2-45-53(39,40)51-22-16(36)13(33)10(4-29)47-25(22)49-19-11(5-30)48-24(12(27)14(19)34)50-21-18(38)15(35)17(37)20(44-8-32)23(21)52-54(41,42)46-6-9(3-28)43-7-31/h7-25,28-30,33-38H,1-6,26-27H2,(H,39,40)(H,41,42)/t9-,10-,11-,12-,13-,14-,15-,16+,17-,18+,19-,20-,21-,22+,23-,24-,25-/m1/s1. The lowest BCUT2D eigenvalue weighted by Gasteiger charge is -2.49. The monoisotopic (exact) mass is 836 g/mol. The maximum atomic E-state index is 12.8.